The van der Waals surface area contributed by atoms with E-state index in [0.717, 1.165) is 4.31 Å². The summed E-state index contributed by atoms with van der Waals surface area (Å²) in [5.74, 6) is -0.0763. The zero-order chi connectivity index (χ0) is 14.8. The highest BCUT2D eigenvalue weighted by molar-refractivity contribution is 7.99. The Morgan fingerprint density at radius 1 is 1.45 bits per heavy atom. The lowest BCUT2D eigenvalue weighted by Crippen LogP contribution is -2.50. The van der Waals surface area contributed by atoms with Crippen LogP contribution in [0.2, 0.25) is 0 Å². The third kappa shape index (κ3) is 2.77. The van der Waals surface area contributed by atoms with Crippen molar-refractivity contribution in [1.29, 1.82) is 0 Å². The molecule has 0 bridgehead atoms. The van der Waals surface area contributed by atoms with Gasteiger partial charge in [0.2, 0.25) is 10.0 Å². The molecule has 1 unspecified atom stereocenters. The normalized spacial score (nSPS) is 20.6. The van der Waals surface area contributed by atoms with Gasteiger partial charge in [0.05, 0.1) is 7.11 Å². The Balaban J connectivity index is 2.45. The van der Waals surface area contributed by atoms with Gasteiger partial charge in [-0.25, -0.2) is 8.42 Å². The Bertz CT molecular complexity index is 602. The Morgan fingerprint density at radius 3 is 2.80 bits per heavy atom. The van der Waals surface area contributed by atoms with Crippen LogP contribution in [-0.2, 0) is 14.8 Å². The molecule has 8 heteroatoms. The van der Waals surface area contributed by atoms with Gasteiger partial charge >= 0.3 is 5.97 Å². The quantitative estimate of drug-likeness (QED) is 0.888. The minimum Gasteiger partial charge on any atom is -0.495 e. The molecule has 1 heterocycles. The van der Waals surface area contributed by atoms with Crippen molar-refractivity contribution in [3.8, 4) is 5.75 Å². The Hall–Kier alpha value is -1.25. The number of para-hydroxylation sites is 1. The zero-order valence-electron chi connectivity index (χ0n) is 10.9. The van der Waals surface area contributed by atoms with Crippen LogP contribution in [0.3, 0.4) is 0 Å². The van der Waals surface area contributed by atoms with Crippen LogP contribution in [0.15, 0.2) is 29.2 Å². The SMILES string of the molecule is COc1ccccc1S(=O)(=O)N1CCSCC1C(=O)O. The van der Waals surface area contributed by atoms with Crippen molar-refractivity contribution in [3.63, 3.8) is 0 Å². The first-order valence-corrected chi connectivity index (χ1v) is 8.53. The van der Waals surface area contributed by atoms with Gasteiger partial charge in [-0.05, 0) is 12.1 Å². The van der Waals surface area contributed by atoms with Crippen molar-refractivity contribution < 1.29 is 23.1 Å². The Kier molecular flexibility index (Phi) is 4.56. The summed E-state index contributed by atoms with van der Waals surface area (Å²) in [5.41, 5.74) is 0. The fourth-order valence-electron chi connectivity index (χ4n) is 2.03. The molecule has 1 aliphatic heterocycles. The zero-order valence-corrected chi connectivity index (χ0v) is 12.5. The molecule has 1 aromatic rings. The molecule has 6 nitrogen and oxygen atoms in total. The topological polar surface area (TPSA) is 83.9 Å². The van der Waals surface area contributed by atoms with E-state index in [-0.39, 0.29) is 22.9 Å². The largest absolute Gasteiger partial charge is 0.495 e. The molecule has 0 aliphatic carbocycles. The molecule has 0 radical (unpaired) electrons. The summed E-state index contributed by atoms with van der Waals surface area (Å²) in [6.45, 7) is 0.183. The predicted octanol–water partition coefficient (Wildman–Crippen LogP) is 0.886. The van der Waals surface area contributed by atoms with Crippen LogP contribution >= 0.6 is 11.8 Å². The van der Waals surface area contributed by atoms with E-state index in [1.54, 1.807) is 18.2 Å². The maximum absolute atomic E-state index is 12.7. The molecule has 1 saturated heterocycles. The molecule has 1 aliphatic rings. The molecular formula is C12H15NO5S2. The van der Waals surface area contributed by atoms with Gasteiger partial charge in [-0.15, -0.1) is 0 Å². The molecule has 1 N–H and O–H groups in total. The van der Waals surface area contributed by atoms with Crippen molar-refractivity contribution in [2.45, 2.75) is 10.9 Å². The summed E-state index contributed by atoms with van der Waals surface area (Å²) < 4.78 is 31.4. The number of carboxylic acid groups (broad SMARTS) is 1. The number of hydrogen-bond donors (Lipinski definition) is 1. The number of carbonyl (C=O) groups is 1. The second kappa shape index (κ2) is 6.02. The third-order valence-corrected chi connectivity index (χ3v) is 5.99. The number of rotatable bonds is 4. The average molecular weight is 317 g/mol. The van der Waals surface area contributed by atoms with Crippen LogP contribution < -0.4 is 4.74 Å². The van der Waals surface area contributed by atoms with Gasteiger partial charge in [0, 0.05) is 18.1 Å². The number of methoxy groups -OCH3 is 1. The molecule has 0 spiro atoms. The molecule has 2 rings (SSSR count). The predicted molar refractivity (Wildman–Crippen MR) is 75.6 cm³/mol. The smallest absolute Gasteiger partial charge is 0.322 e. The van der Waals surface area contributed by atoms with Crippen LogP contribution in [-0.4, -0.2) is 55.0 Å². The van der Waals surface area contributed by atoms with Crippen molar-refractivity contribution in [2.24, 2.45) is 0 Å². The number of ether oxygens (including phenoxy) is 1. The summed E-state index contributed by atoms with van der Waals surface area (Å²) in [4.78, 5) is 11.2. The van der Waals surface area contributed by atoms with Crippen LogP contribution in [0, 0.1) is 0 Å². The van der Waals surface area contributed by atoms with Crippen LogP contribution in [0.1, 0.15) is 0 Å². The van der Waals surface area contributed by atoms with Crippen molar-refractivity contribution in [3.05, 3.63) is 24.3 Å². The lowest BCUT2D eigenvalue weighted by molar-refractivity contribution is -0.140. The molecule has 0 saturated carbocycles. The van der Waals surface area contributed by atoms with Gasteiger partial charge in [0.25, 0.3) is 0 Å². The molecule has 0 aromatic heterocycles. The first kappa shape index (κ1) is 15.1. The van der Waals surface area contributed by atoms with Crippen molar-refractivity contribution in [2.75, 3.05) is 25.2 Å². The highest BCUT2D eigenvalue weighted by Gasteiger charge is 2.39. The van der Waals surface area contributed by atoms with E-state index >= 15 is 0 Å². The van der Waals surface area contributed by atoms with Gasteiger partial charge in [-0.2, -0.15) is 16.1 Å². The standard InChI is InChI=1S/C12H15NO5S2/c1-18-10-4-2-3-5-11(10)20(16,17)13-6-7-19-8-9(13)12(14)15/h2-5,9H,6-8H2,1H3,(H,14,15). The summed E-state index contributed by atoms with van der Waals surface area (Å²) in [5, 5.41) is 9.19. The fourth-order valence-corrected chi connectivity index (χ4v) is 5.02. The molecule has 110 valence electrons. The first-order valence-electron chi connectivity index (χ1n) is 5.94. The highest BCUT2D eigenvalue weighted by atomic mass is 32.2. The lowest BCUT2D eigenvalue weighted by Gasteiger charge is -2.31. The second-order valence-corrected chi connectivity index (χ2v) is 7.20. The van der Waals surface area contributed by atoms with E-state index in [2.05, 4.69) is 0 Å². The Morgan fingerprint density at radius 2 is 2.15 bits per heavy atom. The molecule has 1 atom stereocenters. The average Bonchev–Trinajstić information content (AvgIpc) is 2.47. The minimum absolute atomic E-state index is 0.000602. The fraction of sp³-hybridized carbons (Fsp3) is 0.417. The van der Waals surface area contributed by atoms with Gasteiger partial charge in [-0.1, -0.05) is 12.1 Å². The van der Waals surface area contributed by atoms with Gasteiger partial charge in [0.15, 0.2) is 0 Å². The van der Waals surface area contributed by atoms with E-state index in [4.69, 9.17) is 4.74 Å². The van der Waals surface area contributed by atoms with Gasteiger partial charge in [0.1, 0.15) is 16.7 Å². The summed E-state index contributed by atoms with van der Waals surface area (Å²) in [7, 11) is -2.50. The number of carboxylic acids is 1. The summed E-state index contributed by atoms with van der Waals surface area (Å²) in [6, 6.07) is 5.18. The van der Waals surface area contributed by atoms with Crippen molar-refractivity contribution >= 4 is 27.8 Å². The van der Waals surface area contributed by atoms with Crippen molar-refractivity contribution in [1.82, 2.24) is 4.31 Å². The number of aliphatic carboxylic acids is 1. The van der Waals surface area contributed by atoms with Crippen LogP contribution in [0.25, 0.3) is 0 Å². The molecule has 1 fully saturated rings. The minimum atomic E-state index is -3.88. The monoisotopic (exact) mass is 317 g/mol. The maximum Gasteiger partial charge on any atom is 0.322 e. The molecule has 1 aromatic carbocycles. The molecule has 0 amide bonds. The van der Waals surface area contributed by atoms with Crippen LogP contribution in [0.5, 0.6) is 5.75 Å². The second-order valence-electron chi connectivity index (χ2n) is 4.20. The van der Waals surface area contributed by atoms with E-state index in [1.165, 1.54) is 24.9 Å². The number of benzene rings is 1. The van der Waals surface area contributed by atoms with Gasteiger partial charge < -0.3 is 9.84 Å². The number of hydrogen-bond acceptors (Lipinski definition) is 5. The number of sulfonamides is 1. The number of thioether (sulfide) groups is 1. The molecular weight excluding hydrogens is 302 g/mol. The third-order valence-electron chi connectivity index (χ3n) is 3.02. The van der Waals surface area contributed by atoms with E-state index < -0.39 is 22.0 Å². The highest BCUT2D eigenvalue weighted by Crippen LogP contribution is 2.30. The van der Waals surface area contributed by atoms with E-state index in [0.29, 0.717) is 5.75 Å². The van der Waals surface area contributed by atoms with E-state index in [1.807, 2.05) is 0 Å². The number of nitrogens with zero attached hydrogens (tertiary/aromatic N) is 1. The van der Waals surface area contributed by atoms with Gasteiger partial charge in [-0.3, -0.25) is 4.79 Å². The summed E-state index contributed by atoms with van der Waals surface area (Å²) >= 11 is 1.44. The van der Waals surface area contributed by atoms with Crippen LogP contribution in [0.4, 0.5) is 0 Å². The first-order chi connectivity index (χ1) is 9.48. The summed E-state index contributed by atoms with van der Waals surface area (Å²) in [6.07, 6.45) is 0. The lowest BCUT2D eigenvalue weighted by atomic mass is 10.3. The molecule has 20 heavy (non-hydrogen) atoms. The Labute approximate surface area is 121 Å². The van der Waals surface area contributed by atoms with E-state index in [9.17, 15) is 18.3 Å². The maximum atomic E-state index is 12.7.